The smallest absolute Gasteiger partial charge is 0.0601 e. The first kappa shape index (κ1) is 9.69. The Balaban J connectivity index is 2.04. The summed E-state index contributed by atoms with van der Waals surface area (Å²) in [6.07, 6.45) is 2.63. The monoisotopic (exact) mass is 191 g/mol. The molecule has 1 aromatic carbocycles. The van der Waals surface area contributed by atoms with Crippen molar-refractivity contribution in [1.29, 1.82) is 0 Å². The van der Waals surface area contributed by atoms with Crippen molar-refractivity contribution in [1.82, 2.24) is 5.32 Å². The number of benzene rings is 1. The number of ether oxygens (including phenoxy) is 1. The van der Waals surface area contributed by atoms with E-state index in [2.05, 4.69) is 35.6 Å². The van der Waals surface area contributed by atoms with E-state index in [4.69, 9.17) is 4.74 Å². The molecule has 1 aliphatic rings. The summed E-state index contributed by atoms with van der Waals surface area (Å²) >= 11 is 0. The summed E-state index contributed by atoms with van der Waals surface area (Å²) in [7, 11) is 1.80. The van der Waals surface area contributed by atoms with Gasteiger partial charge < -0.3 is 10.1 Å². The number of nitrogens with one attached hydrogen (secondary N) is 1. The number of rotatable bonds is 2. The quantitative estimate of drug-likeness (QED) is 0.773. The molecule has 0 saturated carbocycles. The summed E-state index contributed by atoms with van der Waals surface area (Å²) in [6.45, 7) is 1.05. The van der Waals surface area contributed by atoms with Gasteiger partial charge in [-0.15, -0.1) is 0 Å². The first-order chi connectivity index (χ1) is 6.90. The fourth-order valence-corrected chi connectivity index (χ4v) is 2.04. The maximum atomic E-state index is 5.40. The maximum Gasteiger partial charge on any atom is 0.0601 e. The third kappa shape index (κ3) is 2.14. The lowest BCUT2D eigenvalue weighted by Crippen LogP contribution is -2.35. The lowest BCUT2D eigenvalue weighted by molar-refractivity contribution is 0.0619. The highest BCUT2D eigenvalue weighted by atomic mass is 16.5. The predicted molar refractivity (Wildman–Crippen MR) is 57.2 cm³/mol. The Hall–Kier alpha value is -0.860. The van der Waals surface area contributed by atoms with E-state index in [9.17, 15) is 0 Å². The van der Waals surface area contributed by atoms with Crippen LogP contribution in [0.25, 0.3) is 0 Å². The molecule has 1 aliphatic heterocycles. The van der Waals surface area contributed by atoms with Gasteiger partial charge in [0.1, 0.15) is 0 Å². The van der Waals surface area contributed by atoms with Crippen LogP contribution in [0.3, 0.4) is 0 Å². The maximum absolute atomic E-state index is 5.40. The molecule has 0 amide bonds. The summed E-state index contributed by atoms with van der Waals surface area (Å²) in [5, 5.41) is 3.52. The molecule has 0 bridgehead atoms. The highest BCUT2D eigenvalue weighted by molar-refractivity contribution is 5.19. The third-order valence-electron chi connectivity index (χ3n) is 2.89. The molecule has 0 spiro atoms. The molecule has 1 heterocycles. The van der Waals surface area contributed by atoms with Crippen LogP contribution in [0.2, 0.25) is 0 Å². The largest absolute Gasteiger partial charge is 0.381 e. The standard InChI is InChI=1S/C12H17NO/c1-14-11-7-8-13-12(9-11)10-5-3-2-4-6-10/h2-6,11-13H,7-9H2,1H3/t11-,12+/m0/s1. The van der Waals surface area contributed by atoms with Crippen molar-refractivity contribution in [2.45, 2.75) is 25.0 Å². The molecule has 1 fully saturated rings. The second kappa shape index (κ2) is 4.58. The SMILES string of the molecule is CO[C@H]1CCN[C@@H](c2ccccc2)C1. The minimum absolute atomic E-state index is 0.418. The summed E-state index contributed by atoms with van der Waals surface area (Å²) in [4.78, 5) is 0. The fraction of sp³-hybridized carbons (Fsp3) is 0.500. The number of piperidine rings is 1. The summed E-state index contributed by atoms with van der Waals surface area (Å²) < 4.78 is 5.40. The summed E-state index contributed by atoms with van der Waals surface area (Å²) in [5.41, 5.74) is 1.37. The molecular weight excluding hydrogens is 174 g/mol. The van der Waals surface area contributed by atoms with Gasteiger partial charge in [-0.25, -0.2) is 0 Å². The van der Waals surface area contributed by atoms with E-state index < -0.39 is 0 Å². The minimum Gasteiger partial charge on any atom is -0.381 e. The van der Waals surface area contributed by atoms with Crippen molar-refractivity contribution in [2.24, 2.45) is 0 Å². The van der Waals surface area contributed by atoms with E-state index >= 15 is 0 Å². The average molecular weight is 191 g/mol. The van der Waals surface area contributed by atoms with Crippen molar-refractivity contribution in [3.63, 3.8) is 0 Å². The van der Waals surface area contributed by atoms with Crippen LogP contribution in [-0.2, 0) is 4.74 Å². The first-order valence-corrected chi connectivity index (χ1v) is 5.21. The summed E-state index contributed by atoms with van der Waals surface area (Å²) in [5.74, 6) is 0. The van der Waals surface area contributed by atoms with Gasteiger partial charge in [0.15, 0.2) is 0 Å². The normalized spacial score (nSPS) is 27.5. The van der Waals surface area contributed by atoms with Gasteiger partial charge in [0.05, 0.1) is 6.10 Å². The predicted octanol–water partition coefficient (Wildman–Crippen LogP) is 2.13. The van der Waals surface area contributed by atoms with Crippen LogP contribution < -0.4 is 5.32 Å². The molecule has 0 aromatic heterocycles. The van der Waals surface area contributed by atoms with Gasteiger partial charge >= 0.3 is 0 Å². The van der Waals surface area contributed by atoms with Crippen molar-refractivity contribution in [3.05, 3.63) is 35.9 Å². The second-order valence-electron chi connectivity index (χ2n) is 3.80. The lowest BCUT2D eigenvalue weighted by atomic mass is 9.95. The zero-order valence-electron chi connectivity index (χ0n) is 8.57. The van der Waals surface area contributed by atoms with Crippen molar-refractivity contribution < 1.29 is 4.74 Å². The molecule has 0 unspecified atom stereocenters. The van der Waals surface area contributed by atoms with Gasteiger partial charge in [0, 0.05) is 13.2 Å². The van der Waals surface area contributed by atoms with E-state index in [1.165, 1.54) is 5.56 Å². The molecule has 0 aliphatic carbocycles. The molecule has 76 valence electrons. The summed E-state index contributed by atoms with van der Waals surface area (Å²) in [6, 6.07) is 11.1. The van der Waals surface area contributed by atoms with Crippen LogP contribution >= 0.6 is 0 Å². The van der Waals surface area contributed by atoms with Gasteiger partial charge in [-0.05, 0) is 24.9 Å². The Bertz CT molecular complexity index is 273. The van der Waals surface area contributed by atoms with E-state index in [1.54, 1.807) is 7.11 Å². The van der Waals surface area contributed by atoms with Crippen LogP contribution in [0.15, 0.2) is 30.3 Å². The van der Waals surface area contributed by atoms with E-state index in [-0.39, 0.29) is 0 Å². The molecular formula is C12H17NO. The molecule has 1 saturated heterocycles. The molecule has 1 N–H and O–H groups in total. The highest BCUT2D eigenvalue weighted by Crippen LogP contribution is 2.24. The van der Waals surface area contributed by atoms with Crippen LogP contribution in [0, 0.1) is 0 Å². The van der Waals surface area contributed by atoms with Gasteiger partial charge in [-0.3, -0.25) is 0 Å². The Morgan fingerprint density at radius 1 is 1.29 bits per heavy atom. The van der Waals surface area contributed by atoms with Crippen molar-refractivity contribution in [2.75, 3.05) is 13.7 Å². The van der Waals surface area contributed by atoms with E-state index in [0.29, 0.717) is 12.1 Å². The highest BCUT2D eigenvalue weighted by Gasteiger charge is 2.21. The Morgan fingerprint density at radius 3 is 2.79 bits per heavy atom. The Kier molecular flexibility index (Phi) is 3.17. The molecule has 2 nitrogen and oxygen atoms in total. The molecule has 0 radical (unpaired) electrons. The molecule has 2 atom stereocenters. The van der Waals surface area contributed by atoms with Crippen LogP contribution in [0.1, 0.15) is 24.4 Å². The van der Waals surface area contributed by atoms with Gasteiger partial charge in [-0.1, -0.05) is 30.3 Å². The minimum atomic E-state index is 0.418. The molecule has 1 aromatic rings. The third-order valence-corrected chi connectivity index (χ3v) is 2.89. The average Bonchev–Trinajstić information content (AvgIpc) is 2.30. The van der Waals surface area contributed by atoms with Crippen LogP contribution in [-0.4, -0.2) is 19.8 Å². The lowest BCUT2D eigenvalue weighted by Gasteiger charge is -2.29. The van der Waals surface area contributed by atoms with Gasteiger partial charge in [-0.2, -0.15) is 0 Å². The Morgan fingerprint density at radius 2 is 2.07 bits per heavy atom. The van der Waals surface area contributed by atoms with E-state index in [1.807, 2.05) is 0 Å². The number of hydrogen-bond donors (Lipinski definition) is 1. The molecule has 2 heteroatoms. The van der Waals surface area contributed by atoms with Crippen LogP contribution in [0.5, 0.6) is 0 Å². The number of methoxy groups -OCH3 is 1. The van der Waals surface area contributed by atoms with Crippen molar-refractivity contribution >= 4 is 0 Å². The Labute approximate surface area is 85.3 Å². The fourth-order valence-electron chi connectivity index (χ4n) is 2.04. The van der Waals surface area contributed by atoms with Crippen LogP contribution in [0.4, 0.5) is 0 Å². The van der Waals surface area contributed by atoms with Crippen molar-refractivity contribution in [3.8, 4) is 0 Å². The molecule has 2 rings (SSSR count). The second-order valence-corrected chi connectivity index (χ2v) is 3.80. The van der Waals surface area contributed by atoms with E-state index in [0.717, 1.165) is 19.4 Å². The first-order valence-electron chi connectivity index (χ1n) is 5.21. The zero-order valence-corrected chi connectivity index (χ0v) is 8.57. The molecule has 14 heavy (non-hydrogen) atoms. The van der Waals surface area contributed by atoms with Gasteiger partial charge in [0.2, 0.25) is 0 Å². The zero-order chi connectivity index (χ0) is 9.80. The number of hydrogen-bond acceptors (Lipinski definition) is 2. The van der Waals surface area contributed by atoms with Gasteiger partial charge in [0.25, 0.3) is 0 Å². The topological polar surface area (TPSA) is 21.3 Å².